The summed E-state index contributed by atoms with van der Waals surface area (Å²) in [6.45, 7) is 4.37. The number of nitrogens with one attached hydrogen (secondary N) is 1. The van der Waals surface area contributed by atoms with Crippen molar-refractivity contribution < 1.29 is 14.3 Å². The van der Waals surface area contributed by atoms with Crippen molar-refractivity contribution in [1.82, 2.24) is 14.8 Å². The molecule has 120 valence electrons. The first-order valence-electron chi connectivity index (χ1n) is 7.31. The van der Waals surface area contributed by atoms with Crippen LogP contribution in [-0.2, 0) is 14.3 Å². The smallest absolute Gasteiger partial charge is 0.302 e. The third kappa shape index (κ3) is 5.09. The standard InChI is InChI=1S/C15H22N4O3/c1-12(20)22-11-13-9-18(2)7-8-19(13)10-15(21)17-14-5-3-4-6-16-14/h3-6,13H,7-11H2,1-2H3,(H,16,17,21). The van der Waals surface area contributed by atoms with Crippen LogP contribution >= 0.6 is 0 Å². The predicted octanol–water partition coefficient (Wildman–Crippen LogP) is 0.199. The van der Waals surface area contributed by atoms with E-state index in [1.165, 1.54) is 6.92 Å². The molecule has 1 fully saturated rings. The van der Waals surface area contributed by atoms with Crippen molar-refractivity contribution in [3.8, 4) is 0 Å². The SMILES string of the molecule is CC(=O)OCC1CN(C)CCN1CC(=O)Nc1ccccn1. The maximum atomic E-state index is 12.1. The summed E-state index contributed by atoms with van der Waals surface area (Å²) in [5.41, 5.74) is 0. The molecule has 2 heterocycles. The Morgan fingerprint density at radius 2 is 2.23 bits per heavy atom. The van der Waals surface area contributed by atoms with Crippen LogP contribution in [0.1, 0.15) is 6.92 Å². The van der Waals surface area contributed by atoms with Gasteiger partial charge in [0, 0.05) is 32.8 Å². The Bertz CT molecular complexity index is 509. The quantitative estimate of drug-likeness (QED) is 0.783. The van der Waals surface area contributed by atoms with Gasteiger partial charge in [-0.15, -0.1) is 0 Å². The monoisotopic (exact) mass is 306 g/mol. The van der Waals surface area contributed by atoms with Crippen LogP contribution in [-0.4, -0.2) is 72.5 Å². The van der Waals surface area contributed by atoms with Gasteiger partial charge in [-0.25, -0.2) is 4.98 Å². The number of rotatable bonds is 5. The zero-order valence-electron chi connectivity index (χ0n) is 13.0. The second kappa shape index (κ2) is 7.86. The molecule has 7 heteroatoms. The molecule has 0 radical (unpaired) electrons. The van der Waals surface area contributed by atoms with E-state index in [1.54, 1.807) is 18.3 Å². The van der Waals surface area contributed by atoms with Crippen LogP contribution in [0.2, 0.25) is 0 Å². The minimum Gasteiger partial charge on any atom is -0.464 e. The Morgan fingerprint density at radius 3 is 2.91 bits per heavy atom. The molecule has 1 N–H and O–H groups in total. The summed E-state index contributed by atoms with van der Waals surface area (Å²) in [5, 5.41) is 2.77. The van der Waals surface area contributed by atoms with Crippen molar-refractivity contribution in [2.45, 2.75) is 13.0 Å². The van der Waals surface area contributed by atoms with Crippen molar-refractivity contribution in [2.24, 2.45) is 0 Å². The van der Waals surface area contributed by atoms with Crippen molar-refractivity contribution in [2.75, 3.05) is 45.2 Å². The highest BCUT2D eigenvalue weighted by Gasteiger charge is 2.27. The third-order valence-electron chi connectivity index (χ3n) is 3.57. The molecule has 1 saturated heterocycles. The van der Waals surface area contributed by atoms with E-state index in [9.17, 15) is 9.59 Å². The second-order valence-electron chi connectivity index (χ2n) is 5.45. The summed E-state index contributed by atoms with van der Waals surface area (Å²) in [4.78, 5) is 31.4. The van der Waals surface area contributed by atoms with Crippen LogP contribution in [0.5, 0.6) is 0 Å². The van der Waals surface area contributed by atoms with E-state index in [4.69, 9.17) is 4.74 Å². The second-order valence-corrected chi connectivity index (χ2v) is 5.45. The fraction of sp³-hybridized carbons (Fsp3) is 0.533. The molecule has 1 aliphatic rings. The average molecular weight is 306 g/mol. The predicted molar refractivity (Wildman–Crippen MR) is 82.4 cm³/mol. The number of esters is 1. The maximum Gasteiger partial charge on any atom is 0.302 e. The molecule has 7 nitrogen and oxygen atoms in total. The van der Waals surface area contributed by atoms with Crippen LogP contribution in [0, 0.1) is 0 Å². The number of aromatic nitrogens is 1. The number of hydrogen-bond donors (Lipinski definition) is 1. The number of pyridine rings is 1. The van der Waals surface area contributed by atoms with Gasteiger partial charge >= 0.3 is 5.97 Å². The molecule has 0 aliphatic carbocycles. The summed E-state index contributed by atoms with van der Waals surface area (Å²) >= 11 is 0. The van der Waals surface area contributed by atoms with Gasteiger partial charge in [0.05, 0.1) is 12.6 Å². The number of carbonyl (C=O) groups excluding carboxylic acids is 2. The molecule has 22 heavy (non-hydrogen) atoms. The van der Waals surface area contributed by atoms with E-state index in [0.717, 1.165) is 19.6 Å². The highest BCUT2D eigenvalue weighted by molar-refractivity contribution is 5.91. The molecule has 1 unspecified atom stereocenters. The Hall–Kier alpha value is -1.99. The van der Waals surface area contributed by atoms with Crippen molar-refractivity contribution >= 4 is 17.7 Å². The largest absolute Gasteiger partial charge is 0.464 e. The van der Waals surface area contributed by atoms with Crippen molar-refractivity contribution in [3.05, 3.63) is 24.4 Å². The first-order chi connectivity index (χ1) is 10.5. The lowest BCUT2D eigenvalue weighted by molar-refractivity contribution is -0.143. The average Bonchev–Trinajstić information content (AvgIpc) is 2.48. The van der Waals surface area contributed by atoms with Gasteiger partial charge in [0.2, 0.25) is 5.91 Å². The topological polar surface area (TPSA) is 74.8 Å². The summed E-state index contributed by atoms with van der Waals surface area (Å²) in [6, 6.07) is 5.39. The Balaban J connectivity index is 1.90. The molecular formula is C15H22N4O3. The first kappa shape index (κ1) is 16.4. The van der Waals surface area contributed by atoms with Gasteiger partial charge in [0.1, 0.15) is 12.4 Å². The molecule has 1 atom stereocenters. The number of likely N-dealkylation sites (N-methyl/N-ethyl adjacent to an activating group) is 1. The van der Waals surface area contributed by atoms with Gasteiger partial charge < -0.3 is 15.0 Å². The lowest BCUT2D eigenvalue weighted by Crippen LogP contribution is -2.55. The van der Waals surface area contributed by atoms with Gasteiger partial charge in [-0.1, -0.05) is 6.07 Å². The van der Waals surface area contributed by atoms with Crippen LogP contribution < -0.4 is 5.32 Å². The van der Waals surface area contributed by atoms with Crippen LogP contribution in [0.3, 0.4) is 0 Å². The zero-order chi connectivity index (χ0) is 15.9. The van der Waals surface area contributed by atoms with Gasteiger partial charge in [0.15, 0.2) is 0 Å². The summed E-state index contributed by atoms with van der Waals surface area (Å²) < 4.78 is 5.11. The number of anilines is 1. The molecule has 0 bridgehead atoms. The van der Waals surface area contributed by atoms with E-state index in [-0.39, 0.29) is 24.5 Å². The fourth-order valence-electron chi connectivity index (χ4n) is 2.43. The minimum atomic E-state index is -0.300. The Labute approximate surface area is 130 Å². The Morgan fingerprint density at radius 1 is 1.41 bits per heavy atom. The number of amides is 1. The molecule has 1 amide bonds. The molecular weight excluding hydrogens is 284 g/mol. The lowest BCUT2D eigenvalue weighted by Gasteiger charge is -2.39. The highest BCUT2D eigenvalue weighted by atomic mass is 16.5. The highest BCUT2D eigenvalue weighted by Crippen LogP contribution is 2.10. The molecule has 0 spiro atoms. The minimum absolute atomic E-state index is 0.0251. The summed E-state index contributed by atoms with van der Waals surface area (Å²) in [6.07, 6.45) is 1.63. The third-order valence-corrected chi connectivity index (χ3v) is 3.57. The van der Waals surface area contributed by atoms with E-state index >= 15 is 0 Å². The van der Waals surface area contributed by atoms with E-state index in [1.807, 2.05) is 18.0 Å². The van der Waals surface area contributed by atoms with Gasteiger partial charge in [-0.3, -0.25) is 14.5 Å². The van der Waals surface area contributed by atoms with Crippen molar-refractivity contribution in [1.29, 1.82) is 0 Å². The van der Waals surface area contributed by atoms with Gasteiger partial charge in [-0.2, -0.15) is 0 Å². The normalized spacial score (nSPS) is 19.6. The summed E-state index contributed by atoms with van der Waals surface area (Å²) in [7, 11) is 2.02. The fourth-order valence-corrected chi connectivity index (χ4v) is 2.43. The van der Waals surface area contributed by atoms with Crippen LogP contribution in [0.15, 0.2) is 24.4 Å². The molecule has 1 aromatic rings. The number of carbonyl (C=O) groups is 2. The van der Waals surface area contributed by atoms with Crippen LogP contribution in [0.4, 0.5) is 5.82 Å². The van der Waals surface area contributed by atoms with E-state index in [0.29, 0.717) is 12.4 Å². The molecule has 1 aliphatic heterocycles. The number of piperazine rings is 1. The van der Waals surface area contributed by atoms with Gasteiger partial charge in [0.25, 0.3) is 0 Å². The molecule has 0 aromatic carbocycles. The zero-order valence-corrected chi connectivity index (χ0v) is 13.0. The van der Waals surface area contributed by atoms with E-state index in [2.05, 4.69) is 15.2 Å². The van der Waals surface area contributed by atoms with Gasteiger partial charge in [-0.05, 0) is 19.2 Å². The van der Waals surface area contributed by atoms with Crippen LogP contribution in [0.25, 0.3) is 0 Å². The maximum absolute atomic E-state index is 12.1. The number of hydrogen-bond acceptors (Lipinski definition) is 6. The number of ether oxygens (including phenoxy) is 1. The Kier molecular flexibility index (Phi) is 5.85. The number of nitrogens with zero attached hydrogens (tertiary/aromatic N) is 3. The molecule has 2 rings (SSSR count). The van der Waals surface area contributed by atoms with E-state index < -0.39 is 0 Å². The lowest BCUT2D eigenvalue weighted by atomic mass is 10.2. The molecule has 0 saturated carbocycles. The first-order valence-corrected chi connectivity index (χ1v) is 7.31. The molecule has 1 aromatic heterocycles. The summed E-state index contributed by atoms with van der Waals surface area (Å²) in [5.74, 6) is 0.125. The van der Waals surface area contributed by atoms with Crippen molar-refractivity contribution in [3.63, 3.8) is 0 Å².